The molecule has 2 nitrogen and oxygen atoms in total. The molecule has 14 heavy (non-hydrogen) atoms. The SMILES string of the molecule is CN1C(=O)C(C)(C)CC2CCCCC21. The Kier molecular flexibility index (Phi) is 2.32. The summed E-state index contributed by atoms with van der Waals surface area (Å²) in [6.07, 6.45) is 6.31. The molecule has 0 radical (unpaired) electrons. The Hall–Kier alpha value is -0.530. The van der Waals surface area contributed by atoms with Crippen molar-refractivity contribution in [3.8, 4) is 0 Å². The number of hydrogen-bond acceptors (Lipinski definition) is 1. The van der Waals surface area contributed by atoms with Crippen LogP contribution in [0.3, 0.4) is 0 Å². The standard InChI is InChI=1S/C12H21NO/c1-12(2)8-9-6-4-5-7-10(9)13(3)11(12)14/h9-10H,4-8H2,1-3H3. The van der Waals surface area contributed by atoms with Gasteiger partial charge in [-0.2, -0.15) is 0 Å². The monoisotopic (exact) mass is 195 g/mol. The van der Waals surface area contributed by atoms with E-state index in [0.29, 0.717) is 11.9 Å². The van der Waals surface area contributed by atoms with Crippen LogP contribution in [0.25, 0.3) is 0 Å². The fourth-order valence-electron chi connectivity index (χ4n) is 3.31. The van der Waals surface area contributed by atoms with E-state index in [-0.39, 0.29) is 5.41 Å². The molecule has 2 atom stereocenters. The van der Waals surface area contributed by atoms with Gasteiger partial charge in [0.25, 0.3) is 0 Å². The summed E-state index contributed by atoms with van der Waals surface area (Å²) in [5, 5.41) is 0. The normalized spacial score (nSPS) is 36.8. The molecular weight excluding hydrogens is 174 g/mol. The van der Waals surface area contributed by atoms with Crippen LogP contribution >= 0.6 is 0 Å². The van der Waals surface area contributed by atoms with Gasteiger partial charge < -0.3 is 4.90 Å². The smallest absolute Gasteiger partial charge is 0.228 e. The molecule has 1 heterocycles. The average Bonchev–Trinajstić information content (AvgIpc) is 2.14. The van der Waals surface area contributed by atoms with Crippen LogP contribution in [0, 0.1) is 11.3 Å². The Balaban J connectivity index is 2.20. The first-order valence-electron chi connectivity index (χ1n) is 5.79. The summed E-state index contributed by atoms with van der Waals surface area (Å²) < 4.78 is 0. The molecule has 1 aliphatic heterocycles. The molecule has 0 aromatic rings. The largest absolute Gasteiger partial charge is 0.342 e. The highest BCUT2D eigenvalue weighted by Crippen LogP contribution is 2.42. The number of rotatable bonds is 0. The Labute approximate surface area is 86.7 Å². The van der Waals surface area contributed by atoms with Crippen molar-refractivity contribution in [2.24, 2.45) is 11.3 Å². The fourth-order valence-corrected chi connectivity index (χ4v) is 3.31. The third-order valence-corrected chi connectivity index (χ3v) is 4.04. The zero-order valence-electron chi connectivity index (χ0n) is 9.55. The molecule has 2 unspecified atom stereocenters. The second-order valence-corrected chi connectivity index (χ2v) is 5.62. The summed E-state index contributed by atoms with van der Waals surface area (Å²) in [5.74, 6) is 1.11. The van der Waals surface area contributed by atoms with E-state index in [1.54, 1.807) is 0 Å². The number of piperidine rings is 1. The van der Waals surface area contributed by atoms with Gasteiger partial charge in [0.15, 0.2) is 0 Å². The molecular formula is C12H21NO. The minimum Gasteiger partial charge on any atom is -0.342 e. The summed E-state index contributed by atoms with van der Waals surface area (Å²) in [4.78, 5) is 14.0. The Morgan fingerprint density at radius 1 is 1.29 bits per heavy atom. The van der Waals surface area contributed by atoms with Crippen molar-refractivity contribution in [2.75, 3.05) is 7.05 Å². The van der Waals surface area contributed by atoms with Gasteiger partial charge in [0.05, 0.1) is 0 Å². The Morgan fingerprint density at radius 3 is 2.64 bits per heavy atom. The predicted octanol–water partition coefficient (Wildman–Crippen LogP) is 2.43. The van der Waals surface area contributed by atoms with E-state index < -0.39 is 0 Å². The first kappa shape index (κ1) is 10.0. The molecule has 0 aromatic carbocycles. The molecule has 2 fully saturated rings. The molecule has 0 bridgehead atoms. The average molecular weight is 195 g/mol. The van der Waals surface area contributed by atoms with Crippen LogP contribution in [0.4, 0.5) is 0 Å². The minimum atomic E-state index is -0.118. The zero-order chi connectivity index (χ0) is 10.3. The number of likely N-dealkylation sites (tertiary alicyclic amines) is 1. The van der Waals surface area contributed by atoms with Crippen LogP contribution in [-0.4, -0.2) is 23.9 Å². The Bertz CT molecular complexity index is 247. The van der Waals surface area contributed by atoms with Crippen molar-refractivity contribution in [2.45, 2.75) is 52.0 Å². The second kappa shape index (κ2) is 3.25. The van der Waals surface area contributed by atoms with Crippen molar-refractivity contribution in [3.63, 3.8) is 0 Å². The summed E-state index contributed by atoms with van der Waals surface area (Å²) in [5.41, 5.74) is -0.118. The lowest BCUT2D eigenvalue weighted by Gasteiger charge is -2.48. The van der Waals surface area contributed by atoms with Crippen molar-refractivity contribution >= 4 is 5.91 Å². The quantitative estimate of drug-likeness (QED) is 0.581. The van der Waals surface area contributed by atoms with Gasteiger partial charge in [-0.25, -0.2) is 0 Å². The molecule has 1 amide bonds. The van der Waals surface area contributed by atoms with E-state index in [4.69, 9.17) is 0 Å². The molecule has 2 rings (SSSR count). The van der Waals surface area contributed by atoms with Crippen LogP contribution in [0.15, 0.2) is 0 Å². The van der Waals surface area contributed by atoms with Gasteiger partial charge in [0, 0.05) is 18.5 Å². The highest BCUT2D eigenvalue weighted by molar-refractivity contribution is 5.82. The van der Waals surface area contributed by atoms with E-state index in [1.807, 2.05) is 11.9 Å². The molecule has 0 spiro atoms. The number of nitrogens with zero attached hydrogens (tertiary/aromatic N) is 1. The number of hydrogen-bond donors (Lipinski definition) is 0. The topological polar surface area (TPSA) is 20.3 Å². The number of carbonyl (C=O) groups excluding carboxylic acids is 1. The van der Waals surface area contributed by atoms with Crippen molar-refractivity contribution in [1.29, 1.82) is 0 Å². The zero-order valence-corrected chi connectivity index (χ0v) is 9.55. The molecule has 80 valence electrons. The van der Waals surface area contributed by atoms with Crippen molar-refractivity contribution in [3.05, 3.63) is 0 Å². The van der Waals surface area contributed by atoms with Gasteiger partial charge in [0.1, 0.15) is 0 Å². The third kappa shape index (κ3) is 1.45. The third-order valence-electron chi connectivity index (χ3n) is 4.04. The highest BCUT2D eigenvalue weighted by Gasteiger charge is 2.44. The summed E-state index contributed by atoms with van der Waals surface area (Å²) >= 11 is 0. The maximum atomic E-state index is 12.0. The highest BCUT2D eigenvalue weighted by atomic mass is 16.2. The van der Waals surface area contributed by atoms with E-state index in [9.17, 15) is 4.79 Å². The summed E-state index contributed by atoms with van der Waals surface area (Å²) in [6.45, 7) is 4.19. The van der Waals surface area contributed by atoms with E-state index >= 15 is 0 Å². The minimum absolute atomic E-state index is 0.118. The fraction of sp³-hybridized carbons (Fsp3) is 0.917. The van der Waals surface area contributed by atoms with E-state index in [2.05, 4.69) is 13.8 Å². The van der Waals surface area contributed by atoms with Gasteiger partial charge in [-0.3, -0.25) is 4.79 Å². The number of fused-ring (bicyclic) bond motifs is 1. The van der Waals surface area contributed by atoms with Gasteiger partial charge in [-0.05, 0) is 25.2 Å². The number of carbonyl (C=O) groups is 1. The Morgan fingerprint density at radius 2 is 1.93 bits per heavy atom. The van der Waals surface area contributed by atoms with Crippen molar-refractivity contribution < 1.29 is 4.79 Å². The van der Waals surface area contributed by atoms with Crippen molar-refractivity contribution in [1.82, 2.24) is 4.90 Å². The lowest BCUT2D eigenvalue weighted by Crippen LogP contribution is -2.54. The predicted molar refractivity (Wildman–Crippen MR) is 56.9 cm³/mol. The number of amides is 1. The van der Waals surface area contributed by atoms with Gasteiger partial charge in [-0.1, -0.05) is 26.7 Å². The molecule has 0 N–H and O–H groups in total. The maximum Gasteiger partial charge on any atom is 0.228 e. The summed E-state index contributed by atoms with van der Waals surface area (Å²) in [6, 6.07) is 0.546. The van der Waals surface area contributed by atoms with Gasteiger partial charge >= 0.3 is 0 Å². The second-order valence-electron chi connectivity index (χ2n) is 5.62. The van der Waals surface area contributed by atoms with E-state index in [0.717, 1.165) is 12.3 Å². The van der Waals surface area contributed by atoms with Gasteiger partial charge in [0.2, 0.25) is 5.91 Å². The van der Waals surface area contributed by atoms with Crippen LogP contribution in [0.5, 0.6) is 0 Å². The molecule has 0 aromatic heterocycles. The van der Waals surface area contributed by atoms with Crippen LogP contribution in [0.1, 0.15) is 46.0 Å². The molecule has 2 aliphatic rings. The maximum absolute atomic E-state index is 12.0. The summed E-state index contributed by atoms with van der Waals surface area (Å²) in [7, 11) is 1.99. The van der Waals surface area contributed by atoms with E-state index in [1.165, 1.54) is 25.7 Å². The molecule has 1 saturated heterocycles. The first-order chi connectivity index (χ1) is 6.52. The van der Waals surface area contributed by atoms with Crippen LogP contribution < -0.4 is 0 Å². The van der Waals surface area contributed by atoms with Crippen LogP contribution in [0.2, 0.25) is 0 Å². The molecule has 1 aliphatic carbocycles. The lowest BCUT2D eigenvalue weighted by atomic mass is 9.69. The molecule has 2 heteroatoms. The molecule has 1 saturated carbocycles. The van der Waals surface area contributed by atoms with Gasteiger partial charge in [-0.15, -0.1) is 0 Å². The van der Waals surface area contributed by atoms with Crippen LogP contribution in [-0.2, 0) is 4.79 Å². The first-order valence-corrected chi connectivity index (χ1v) is 5.79. The lowest BCUT2D eigenvalue weighted by molar-refractivity contribution is -0.150.